The van der Waals surface area contributed by atoms with Crippen molar-refractivity contribution in [2.24, 2.45) is 5.41 Å². The van der Waals surface area contributed by atoms with Gasteiger partial charge in [0.05, 0.1) is 19.5 Å². The second-order valence-corrected chi connectivity index (χ2v) is 9.36. The van der Waals surface area contributed by atoms with E-state index in [1.165, 1.54) is 16.9 Å². The summed E-state index contributed by atoms with van der Waals surface area (Å²) in [5, 5.41) is 0. The lowest BCUT2D eigenvalue weighted by Gasteiger charge is -2.42. The predicted molar refractivity (Wildman–Crippen MR) is 96.3 cm³/mol. The lowest BCUT2D eigenvalue weighted by molar-refractivity contribution is 0.0177. The summed E-state index contributed by atoms with van der Waals surface area (Å²) in [6, 6.07) is 0. The van der Waals surface area contributed by atoms with E-state index >= 15 is 0 Å². The lowest BCUT2D eigenvalue weighted by Crippen LogP contribution is -2.49. The Morgan fingerprint density at radius 2 is 1.88 bits per heavy atom. The molecule has 1 aromatic heterocycles. The van der Waals surface area contributed by atoms with Gasteiger partial charge in [-0.05, 0) is 26.7 Å². The molecule has 8 nitrogen and oxygen atoms in total. The highest BCUT2D eigenvalue weighted by atomic mass is 32.2. The van der Waals surface area contributed by atoms with E-state index in [-0.39, 0.29) is 11.3 Å². The number of likely N-dealkylation sites (tertiary alicyclic amines) is 1. The van der Waals surface area contributed by atoms with E-state index in [1.807, 2.05) is 13.8 Å². The maximum atomic E-state index is 12.8. The van der Waals surface area contributed by atoms with Crippen LogP contribution in [0.4, 0.5) is 0 Å². The topological polar surface area (TPSA) is 92.7 Å². The van der Waals surface area contributed by atoms with Crippen LogP contribution in [-0.2, 0) is 14.8 Å². The molecule has 1 spiro atoms. The number of nitrogens with zero attached hydrogens (tertiary/aromatic N) is 4. The molecule has 1 aromatic rings. The first-order chi connectivity index (χ1) is 12.2. The van der Waals surface area contributed by atoms with Crippen LogP contribution in [0, 0.1) is 19.3 Å². The Labute approximate surface area is 154 Å². The number of ether oxygens (including phenoxy) is 1. The molecule has 3 heterocycles. The van der Waals surface area contributed by atoms with Crippen LogP contribution in [-0.4, -0.2) is 79.1 Å². The van der Waals surface area contributed by atoms with Crippen LogP contribution < -0.4 is 0 Å². The van der Waals surface area contributed by atoms with Crippen LogP contribution in [0.25, 0.3) is 0 Å². The monoisotopic (exact) mass is 382 g/mol. The van der Waals surface area contributed by atoms with E-state index in [1.54, 1.807) is 4.90 Å². The van der Waals surface area contributed by atoms with E-state index in [0.29, 0.717) is 57.9 Å². The Kier molecular flexibility index (Phi) is 5.32. The number of carbonyl (C=O) groups is 1. The molecular formula is C17H26N4O4S. The van der Waals surface area contributed by atoms with E-state index in [9.17, 15) is 13.2 Å². The molecule has 2 aliphatic heterocycles. The van der Waals surface area contributed by atoms with Crippen LogP contribution in [0.5, 0.6) is 0 Å². The smallest absolute Gasteiger partial charge is 0.272 e. The number of rotatable bonds is 2. The molecule has 0 aliphatic carbocycles. The van der Waals surface area contributed by atoms with Crippen LogP contribution in [0.1, 0.15) is 34.6 Å². The Hall–Kier alpha value is -1.58. The zero-order valence-electron chi connectivity index (χ0n) is 15.6. The predicted octanol–water partition coefficient (Wildman–Crippen LogP) is 0.608. The van der Waals surface area contributed by atoms with Gasteiger partial charge in [-0.3, -0.25) is 4.79 Å². The largest absolute Gasteiger partial charge is 0.379 e. The van der Waals surface area contributed by atoms with E-state index in [4.69, 9.17) is 4.74 Å². The van der Waals surface area contributed by atoms with Crippen LogP contribution in [0.2, 0.25) is 0 Å². The van der Waals surface area contributed by atoms with Gasteiger partial charge in [-0.15, -0.1) is 0 Å². The Bertz CT molecular complexity index is 788. The van der Waals surface area contributed by atoms with Crippen molar-refractivity contribution in [3.05, 3.63) is 23.3 Å². The molecule has 2 saturated heterocycles. The van der Waals surface area contributed by atoms with Crippen molar-refractivity contribution < 1.29 is 17.9 Å². The Morgan fingerprint density at radius 3 is 2.54 bits per heavy atom. The van der Waals surface area contributed by atoms with Crippen molar-refractivity contribution in [2.45, 2.75) is 26.7 Å². The minimum Gasteiger partial charge on any atom is -0.379 e. The molecule has 0 atom stereocenters. The number of hydrogen-bond donors (Lipinski definition) is 0. The summed E-state index contributed by atoms with van der Waals surface area (Å²) < 4.78 is 31.2. The number of carbonyl (C=O) groups excluding carboxylic acids is 1. The number of aryl methyl sites for hydroxylation is 1. The molecule has 0 aromatic carbocycles. The normalized spacial score (nSPS) is 21.6. The van der Waals surface area contributed by atoms with Crippen molar-refractivity contribution in [3.8, 4) is 0 Å². The molecular weight excluding hydrogens is 356 g/mol. The number of aromatic nitrogens is 2. The number of sulfonamides is 1. The third-order valence-corrected chi connectivity index (χ3v) is 6.77. The summed E-state index contributed by atoms with van der Waals surface area (Å²) in [5.41, 5.74) is 1.83. The fourth-order valence-corrected chi connectivity index (χ4v) is 4.54. The zero-order valence-corrected chi connectivity index (χ0v) is 16.4. The average Bonchev–Trinajstić information content (AvgIpc) is 2.80. The highest BCUT2D eigenvalue weighted by molar-refractivity contribution is 7.88. The van der Waals surface area contributed by atoms with Crippen molar-refractivity contribution >= 4 is 15.9 Å². The fourth-order valence-electron chi connectivity index (χ4n) is 3.63. The molecule has 0 bridgehead atoms. The Morgan fingerprint density at radius 1 is 1.19 bits per heavy atom. The number of piperidine rings is 1. The summed E-state index contributed by atoms with van der Waals surface area (Å²) in [6.07, 6.45) is 4.09. The highest BCUT2D eigenvalue weighted by Gasteiger charge is 2.41. The summed E-state index contributed by atoms with van der Waals surface area (Å²) in [7, 11) is -3.25. The van der Waals surface area contributed by atoms with Crippen molar-refractivity contribution in [2.75, 3.05) is 45.6 Å². The molecule has 144 valence electrons. The lowest BCUT2D eigenvalue weighted by atomic mass is 9.79. The molecule has 26 heavy (non-hydrogen) atoms. The Balaban J connectivity index is 1.72. The molecule has 2 aliphatic rings. The molecule has 0 radical (unpaired) electrons. The molecule has 0 N–H and O–H groups in total. The van der Waals surface area contributed by atoms with Crippen molar-refractivity contribution in [1.82, 2.24) is 19.2 Å². The van der Waals surface area contributed by atoms with Gasteiger partial charge in [-0.25, -0.2) is 18.4 Å². The maximum Gasteiger partial charge on any atom is 0.272 e. The average molecular weight is 382 g/mol. The molecule has 0 saturated carbocycles. The third-order valence-electron chi connectivity index (χ3n) is 5.52. The van der Waals surface area contributed by atoms with Gasteiger partial charge >= 0.3 is 0 Å². The SMILES string of the molecule is Cc1ncnc(C(=O)N2CCC3(CC2)COCCN(S(C)(=O)=O)C3)c1C. The number of amides is 1. The first-order valence-electron chi connectivity index (χ1n) is 8.82. The van der Waals surface area contributed by atoms with Gasteiger partial charge in [0.2, 0.25) is 10.0 Å². The van der Waals surface area contributed by atoms with Gasteiger partial charge in [-0.1, -0.05) is 0 Å². The van der Waals surface area contributed by atoms with Gasteiger partial charge in [-0.2, -0.15) is 4.31 Å². The fraction of sp³-hybridized carbons (Fsp3) is 0.706. The minimum absolute atomic E-state index is 0.0858. The number of hydrogen-bond acceptors (Lipinski definition) is 6. The quantitative estimate of drug-likeness (QED) is 0.744. The molecule has 3 rings (SSSR count). The van der Waals surface area contributed by atoms with Gasteiger partial charge in [0.1, 0.15) is 12.0 Å². The first-order valence-corrected chi connectivity index (χ1v) is 10.7. The van der Waals surface area contributed by atoms with Gasteiger partial charge in [0.25, 0.3) is 5.91 Å². The molecule has 9 heteroatoms. The highest BCUT2D eigenvalue weighted by Crippen LogP contribution is 2.35. The summed E-state index contributed by atoms with van der Waals surface area (Å²) in [4.78, 5) is 22.9. The molecule has 0 unspecified atom stereocenters. The van der Waals surface area contributed by atoms with Crippen LogP contribution in [0.15, 0.2) is 6.33 Å². The standard InChI is InChI=1S/C17H26N4O4S/c1-13-14(2)18-12-19-15(13)16(22)20-6-4-17(5-7-20)10-21(26(3,23)24)8-9-25-11-17/h12H,4-11H2,1-3H3. The van der Waals surface area contributed by atoms with Gasteiger partial charge in [0.15, 0.2) is 0 Å². The van der Waals surface area contributed by atoms with Gasteiger partial charge < -0.3 is 9.64 Å². The summed E-state index contributed by atoms with van der Waals surface area (Å²) in [6.45, 7) is 6.66. The summed E-state index contributed by atoms with van der Waals surface area (Å²) in [5.74, 6) is -0.0858. The van der Waals surface area contributed by atoms with E-state index < -0.39 is 10.0 Å². The second-order valence-electron chi connectivity index (χ2n) is 7.37. The molecule has 2 fully saturated rings. The second kappa shape index (κ2) is 7.21. The summed E-state index contributed by atoms with van der Waals surface area (Å²) >= 11 is 0. The van der Waals surface area contributed by atoms with E-state index in [2.05, 4.69) is 9.97 Å². The molecule has 1 amide bonds. The maximum absolute atomic E-state index is 12.8. The third kappa shape index (κ3) is 3.89. The first kappa shape index (κ1) is 19.2. The zero-order chi connectivity index (χ0) is 18.9. The van der Waals surface area contributed by atoms with Crippen LogP contribution >= 0.6 is 0 Å². The van der Waals surface area contributed by atoms with Crippen LogP contribution in [0.3, 0.4) is 0 Å². The van der Waals surface area contributed by atoms with Gasteiger partial charge in [0, 0.05) is 42.9 Å². The van der Waals surface area contributed by atoms with E-state index in [0.717, 1.165) is 11.3 Å². The van der Waals surface area contributed by atoms with Crippen molar-refractivity contribution in [1.29, 1.82) is 0 Å². The minimum atomic E-state index is -3.25. The van der Waals surface area contributed by atoms with Crippen molar-refractivity contribution in [3.63, 3.8) is 0 Å².